The molecule has 0 fully saturated rings. The number of nitrogens with zero attached hydrogens (tertiary/aromatic N) is 3. The fraction of sp³-hybridized carbons (Fsp3) is 0.400. The van der Waals surface area contributed by atoms with Gasteiger partial charge in [0.05, 0.1) is 0 Å². The van der Waals surface area contributed by atoms with E-state index in [0.29, 0.717) is 0 Å². The molecule has 2 aliphatic heterocycles. The lowest BCUT2D eigenvalue weighted by atomic mass is 9.94. The van der Waals surface area contributed by atoms with Crippen LogP contribution in [0.3, 0.4) is 0 Å². The Balaban J connectivity index is 2.38. The Hall–Kier alpha value is -1.38. The Morgan fingerprint density at radius 2 is 2.15 bits per heavy atom. The van der Waals surface area contributed by atoms with Gasteiger partial charge >= 0.3 is 0 Å². The molecule has 2 rings (SSSR count). The molecule has 0 unspecified atom stereocenters. The first-order chi connectivity index (χ1) is 6.07. The van der Waals surface area contributed by atoms with Crippen LogP contribution in [0.4, 0.5) is 0 Å². The fourth-order valence-electron chi connectivity index (χ4n) is 1.30. The van der Waals surface area contributed by atoms with Gasteiger partial charge in [-0.2, -0.15) is 5.10 Å². The number of hydrazone groups is 1. The molecular weight excluding hydrogens is 162 g/mol. The average molecular weight is 175 g/mol. The summed E-state index contributed by atoms with van der Waals surface area (Å²) >= 11 is 0. The van der Waals surface area contributed by atoms with Gasteiger partial charge in [0.2, 0.25) is 0 Å². The molecule has 0 saturated carbocycles. The summed E-state index contributed by atoms with van der Waals surface area (Å²) in [7, 11) is 0. The van der Waals surface area contributed by atoms with E-state index in [1.54, 1.807) is 5.01 Å². The minimum Gasteiger partial charge on any atom is -0.234 e. The second-order valence-corrected chi connectivity index (χ2v) is 3.98. The molecule has 0 saturated heterocycles. The summed E-state index contributed by atoms with van der Waals surface area (Å²) in [6, 6.07) is 0. The van der Waals surface area contributed by atoms with Crippen LogP contribution in [0.25, 0.3) is 0 Å². The first kappa shape index (κ1) is 8.23. The topological polar surface area (TPSA) is 28.0 Å². The Kier molecular flexibility index (Phi) is 1.62. The van der Waals surface area contributed by atoms with Crippen molar-refractivity contribution in [2.45, 2.75) is 20.8 Å². The minimum absolute atomic E-state index is 0.0147. The summed E-state index contributed by atoms with van der Waals surface area (Å²) in [6.07, 6.45) is 7.93. The maximum absolute atomic E-state index is 4.40. The zero-order valence-corrected chi connectivity index (χ0v) is 8.15. The number of hydrogen-bond donors (Lipinski definition) is 0. The lowest BCUT2D eigenvalue weighted by molar-refractivity contribution is 0.450. The highest BCUT2D eigenvalue weighted by molar-refractivity contribution is 5.94. The van der Waals surface area contributed by atoms with Gasteiger partial charge in [0.1, 0.15) is 5.82 Å². The Labute approximate surface area is 78.2 Å². The van der Waals surface area contributed by atoms with Gasteiger partial charge < -0.3 is 0 Å². The van der Waals surface area contributed by atoms with Crippen LogP contribution in [0.2, 0.25) is 0 Å². The summed E-state index contributed by atoms with van der Waals surface area (Å²) in [5.74, 6) is 0.924. The van der Waals surface area contributed by atoms with E-state index in [-0.39, 0.29) is 5.41 Å². The molecule has 0 atom stereocenters. The van der Waals surface area contributed by atoms with E-state index in [1.165, 1.54) is 0 Å². The van der Waals surface area contributed by atoms with Crippen molar-refractivity contribution in [3.8, 4) is 0 Å². The number of rotatable bonds is 0. The molecule has 0 aliphatic carbocycles. The van der Waals surface area contributed by atoms with Crippen molar-refractivity contribution in [1.82, 2.24) is 5.01 Å². The summed E-state index contributed by atoms with van der Waals surface area (Å²) < 4.78 is 0. The molecule has 68 valence electrons. The molecule has 3 nitrogen and oxygen atoms in total. The Bertz CT molecular complexity index is 345. The highest BCUT2D eigenvalue weighted by Crippen LogP contribution is 2.26. The molecule has 0 spiro atoms. The average Bonchev–Trinajstić information content (AvgIpc) is 2.01. The van der Waals surface area contributed by atoms with Crippen LogP contribution in [0.1, 0.15) is 20.8 Å². The van der Waals surface area contributed by atoms with E-state index in [1.807, 2.05) is 25.4 Å². The van der Waals surface area contributed by atoms with Crippen molar-refractivity contribution in [2.75, 3.05) is 0 Å². The lowest BCUT2D eigenvalue weighted by Gasteiger charge is -2.27. The molecule has 0 N–H and O–H groups in total. The summed E-state index contributed by atoms with van der Waals surface area (Å²) in [6.45, 7) is 6.22. The summed E-state index contributed by atoms with van der Waals surface area (Å²) in [5, 5.41) is 6.07. The monoisotopic (exact) mass is 175 g/mol. The maximum atomic E-state index is 4.40. The van der Waals surface area contributed by atoms with Crippen molar-refractivity contribution in [2.24, 2.45) is 15.5 Å². The number of fused-ring (bicyclic) bond motifs is 1. The molecule has 2 heterocycles. The lowest BCUT2D eigenvalue weighted by Crippen LogP contribution is -2.24. The van der Waals surface area contributed by atoms with Gasteiger partial charge in [-0.25, -0.2) is 10.0 Å². The van der Waals surface area contributed by atoms with Crippen LogP contribution in [0.5, 0.6) is 0 Å². The van der Waals surface area contributed by atoms with Crippen molar-refractivity contribution in [1.29, 1.82) is 0 Å². The second kappa shape index (κ2) is 2.55. The first-order valence-electron chi connectivity index (χ1n) is 4.38. The molecule has 0 amide bonds. The van der Waals surface area contributed by atoms with Crippen LogP contribution in [-0.4, -0.2) is 16.9 Å². The number of allylic oxidation sites excluding steroid dienone is 2. The third-order valence-corrected chi connectivity index (χ3v) is 2.00. The normalized spacial score (nSPS) is 23.8. The van der Waals surface area contributed by atoms with Crippen LogP contribution in [0, 0.1) is 5.41 Å². The van der Waals surface area contributed by atoms with E-state index in [2.05, 4.69) is 30.0 Å². The van der Waals surface area contributed by atoms with Gasteiger partial charge in [0, 0.05) is 23.5 Å². The fourth-order valence-corrected chi connectivity index (χ4v) is 1.30. The third-order valence-electron chi connectivity index (χ3n) is 2.00. The Morgan fingerprint density at radius 1 is 1.38 bits per heavy atom. The Morgan fingerprint density at radius 3 is 2.92 bits per heavy atom. The van der Waals surface area contributed by atoms with Gasteiger partial charge in [-0.1, -0.05) is 13.8 Å². The summed E-state index contributed by atoms with van der Waals surface area (Å²) in [4.78, 5) is 4.40. The largest absolute Gasteiger partial charge is 0.234 e. The van der Waals surface area contributed by atoms with Crippen LogP contribution in [-0.2, 0) is 0 Å². The molecule has 0 bridgehead atoms. The van der Waals surface area contributed by atoms with Gasteiger partial charge in [0.25, 0.3) is 0 Å². The summed E-state index contributed by atoms with van der Waals surface area (Å²) in [5.41, 5.74) is 1.04. The van der Waals surface area contributed by atoms with E-state index in [4.69, 9.17) is 0 Å². The second-order valence-electron chi connectivity index (χ2n) is 3.98. The number of aliphatic imine (C=N–C) groups is 1. The van der Waals surface area contributed by atoms with Gasteiger partial charge in [0.15, 0.2) is 0 Å². The van der Waals surface area contributed by atoms with Crippen molar-refractivity contribution in [3.63, 3.8) is 0 Å². The molecule has 3 heteroatoms. The smallest absolute Gasteiger partial charge is 0.150 e. The first-order valence-corrected chi connectivity index (χ1v) is 4.38. The molecule has 0 radical (unpaired) electrons. The standard InChI is InChI=1S/C10H13N3/c1-8-4-5-13-9(12-8)6-10(2,3)7-11-13/h4-7H,1-3H3. The highest BCUT2D eigenvalue weighted by atomic mass is 15.5. The third kappa shape index (κ3) is 1.54. The van der Waals surface area contributed by atoms with Crippen molar-refractivity contribution >= 4 is 11.9 Å². The van der Waals surface area contributed by atoms with Crippen molar-refractivity contribution in [3.05, 3.63) is 24.2 Å². The molecular formula is C10H13N3. The SMILES string of the molecule is CC1=NC2=CC(C)(C)C=NN2C=C1. The van der Waals surface area contributed by atoms with Crippen LogP contribution in [0.15, 0.2) is 34.3 Å². The van der Waals surface area contributed by atoms with E-state index in [9.17, 15) is 0 Å². The number of hydrogen-bond acceptors (Lipinski definition) is 3. The molecule has 0 aromatic heterocycles. The highest BCUT2D eigenvalue weighted by Gasteiger charge is 2.21. The van der Waals surface area contributed by atoms with Crippen molar-refractivity contribution < 1.29 is 0 Å². The molecule has 0 aromatic carbocycles. The van der Waals surface area contributed by atoms with Gasteiger partial charge in [-0.3, -0.25) is 0 Å². The van der Waals surface area contributed by atoms with E-state index < -0.39 is 0 Å². The minimum atomic E-state index is 0.0147. The maximum Gasteiger partial charge on any atom is 0.150 e. The molecule has 0 aromatic rings. The van der Waals surface area contributed by atoms with Gasteiger partial charge in [-0.05, 0) is 19.1 Å². The van der Waals surface area contributed by atoms with E-state index >= 15 is 0 Å². The predicted molar refractivity (Wildman–Crippen MR) is 54.4 cm³/mol. The van der Waals surface area contributed by atoms with Crippen LogP contribution < -0.4 is 0 Å². The van der Waals surface area contributed by atoms with E-state index in [0.717, 1.165) is 11.5 Å². The predicted octanol–water partition coefficient (Wildman–Crippen LogP) is 2.14. The van der Waals surface area contributed by atoms with Crippen LogP contribution >= 0.6 is 0 Å². The zero-order valence-electron chi connectivity index (χ0n) is 8.15. The van der Waals surface area contributed by atoms with Gasteiger partial charge in [-0.15, -0.1) is 0 Å². The zero-order chi connectivity index (χ0) is 9.47. The quantitative estimate of drug-likeness (QED) is 0.554. The molecule has 13 heavy (non-hydrogen) atoms. The molecule has 2 aliphatic rings.